The Morgan fingerprint density at radius 3 is 3.30 bits per heavy atom. The van der Waals surface area contributed by atoms with E-state index in [4.69, 9.17) is 14.6 Å². The summed E-state index contributed by atoms with van der Waals surface area (Å²) in [7, 11) is 0. The molecule has 1 saturated heterocycles. The number of hydrogen-bond donors (Lipinski definition) is 1. The SMILES string of the molecule is OC1OC2=CCCCC2O1. The van der Waals surface area contributed by atoms with E-state index in [1.165, 1.54) is 0 Å². The minimum Gasteiger partial charge on any atom is -0.443 e. The molecule has 1 aliphatic heterocycles. The molecule has 0 aromatic heterocycles. The molecule has 0 bridgehead atoms. The van der Waals surface area contributed by atoms with Gasteiger partial charge in [0.1, 0.15) is 11.9 Å². The highest BCUT2D eigenvalue weighted by Crippen LogP contribution is 2.29. The number of aliphatic hydroxyl groups excluding tert-OH is 1. The fourth-order valence-corrected chi connectivity index (χ4v) is 1.37. The van der Waals surface area contributed by atoms with E-state index in [1.807, 2.05) is 6.08 Å². The van der Waals surface area contributed by atoms with Gasteiger partial charge in [-0.3, -0.25) is 0 Å². The molecule has 0 amide bonds. The monoisotopic (exact) mass is 142 g/mol. The first-order valence-corrected chi connectivity index (χ1v) is 3.56. The minimum absolute atomic E-state index is 0.0312. The molecule has 2 unspecified atom stereocenters. The number of ether oxygens (including phenoxy) is 2. The molecule has 0 radical (unpaired) electrons. The van der Waals surface area contributed by atoms with E-state index in [9.17, 15) is 0 Å². The summed E-state index contributed by atoms with van der Waals surface area (Å²) in [5.74, 6) is 0.818. The molecule has 2 aliphatic rings. The molecule has 2 atom stereocenters. The first-order valence-electron chi connectivity index (χ1n) is 3.56. The van der Waals surface area contributed by atoms with E-state index in [0.717, 1.165) is 25.0 Å². The van der Waals surface area contributed by atoms with Crippen LogP contribution in [0, 0.1) is 0 Å². The fraction of sp³-hybridized carbons (Fsp3) is 0.714. The third-order valence-corrected chi connectivity index (χ3v) is 1.85. The number of allylic oxidation sites excluding steroid dienone is 1. The second-order valence-electron chi connectivity index (χ2n) is 2.59. The Bertz CT molecular complexity index is 164. The molecular formula is C7H10O3. The van der Waals surface area contributed by atoms with Gasteiger partial charge in [-0.25, -0.2) is 0 Å². The normalized spacial score (nSPS) is 38.3. The van der Waals surface area contributed by atoms with Crippen LogP contribution in [-0.2, 0) is 9.47 Å². The number of hydrogen-bond acceptors (Lipinski definition) is 3. The maximum Gasteiger partial charge on any atom is 0.313 e. The Morgan fingerprint density at radius 2 is 2.50 bits per heavy atom. The maximum absolute atomic E-state index is 8.87. The van der Waals surface area contributed by atoms with Crippen molar-refractivity contribution in [1.29, 1.82) is 0 Å². The molecule has 0 aromatic rings. The van der Waals surface area contributed by atoms with Crippen LogP contribution in [0.15, 0.2) is 11.8 Å². The van der Waals surface area contributed by atoms with Crippen LogP contribution in [-0.4, -0.2) is 17.7 Å². The maximum atomic E-state index is 8.87. The summed E-state index contributed by atoms with van der Waals surface area (Å²) >= 11 is 0. The van der Waals surface area contributed by atoms with Crippen LogP contribution in [0.3, 0.4) is 0 Å². The highest BCUT2D eigenvalue weighted by molar-refractivity contribution is 5.06. The summed E-state index contributed by atoms with van der Waals surface area (Å²) < 4.78 is 9.99. The van der Waals surface area contributed by atoms with Gasteiger partial charge in [-0.15, -0.1) is 0 Å². The van der Waals surface area contributed by atoms with Gasteiger partial charge in [-0.1, -0.05) is 0 Å². The molecule has 56 valence electrons. The van der Waals surface area contributed by atoms with Gasteiger partial charge in [0, 0.05) is 0 Å². The third-order valence-electron chi connectivity index (χ3n) is 1.85. The van der Waals surface area contributed by atoms with Gasteiger partial charge in [0.2, 0.25) is 0 Å². The standard InChI is InChI=1S/C7H10O3/c8-7-9-5-3-1-2-4-6(5)10-7/h3,6-8H,1-2,4H2. The van der Waals surface area contributed by atoms with Gasteiger partial charge in [0.15, 0.2) is 0 Å². The lowest BCUT2D eigenvalue weighted by atomic mass is 10.0. The van der Waals surface area contributed by atoms with Crippen LogP contribution < -0.4 is 0 Å². The summed E-state index contributed by atoms with van der Waals surface area (Å²) in [6, 6.07) is 0. The predicted octanol–water partition coefficient (Wildman–Crippen LogP) is 0.746. The van der Waals surface area contributed by atoms with E-state index in [0.29, 0.717) is 0 Å². The van der Waals surface area contributed by atoms with E-state index in [-0.39, 0.29) is 6.10 Å². The Morgan fingerprint density at radius 1 is 1.60 bits per heavy atom. The molecule has 10 heavy (non-hydrogen) atoms. The van der Waals surface area contributed by atoms with Gasteiger partial charge in [0.25, 0.3) is 0 Å². The average Bonchev–Trinajstić information content (AvgIpc) is 2.27. The zero-order valence-electron chi connectivity index (χ0n) is 5.62. The molecule has 0 saturated carbocycles. The lowest BCUT2D eigenvalue weighted by Crippen LogP contribution is -2.12. The number of aliphatic hydroxyl groups is 1. The van der Waals surface area contributed by atoms with E-state index in [2.05, 4.69) is 0 Å². The molecule has 1 fully saturated rings. The van der Waals surface area contributed by atoms with Crippen molar-refractivity contribution in [2.45, 2.75) is 31.8 Å². The summed E-state index contributed by atoms with van der Waals surface area (Å²) in [4.78, 5) is 0. The molecule has 1 heterocycles. The second kappa shape index (κ2) is 2.25. The van der Waals surface area contributed by atoms with Crippen molar-refractivity contribution < 1.29 is 14.6 Å². The van der Waals surface area contributed by atoms with Gasteiger partial charge in [-0.2, -0.15) is 0 Å². The first kappa shape index (κ1) is 6.19. The van der Waals surface area contributed by atoms with E-state index in [1.54, 1.807) is 0 Å². The van der Waals surface area contributed by atoms with Crippen LogP contribution in [0.25, 0.3) is 0 Å². The van der Waals surface area contributed by atoms with Crippen molar-refractivity contribution >= 4 is 0 Å². The van der Waals surface area contributed by atoms with Gasteiger partial charge in [0.05, 0.1) is 0 Å². The number of fused-ring (bicyclic) bond motifs is 1. The molecule has 0 aromatic carbocycles. The average molecular weight is 142 g/mol. The summed E-state index contributed by atoms with van der Waals surface area (Å²) in [5.41, 5.74) is 0. The Kier molecular flexibility index (Phi) is 1.39. The van der Waals surface area contributed by atoms with Crippen molar-refractivity contribution in [1.82, 2.24) is 0 Å². The van der Waals surface area contributed by atoms with Crippen LogP contribution in [0.5, 0.6) is 0 Å². The Hall–Kier alpha value is -0.540. The van der Waals surface area contributed by atoms with Gasteiger partial charge < -0.3 is 14.6 Å². The molecule has 0 spiro atoms. The number of rotatable bonds is 0. The predicted molar refractivity (Wildman–Crippen MR) is 33.9 cm³/mol. The zero-order valence-corrected chi connectivity index (χ0v) is 5.62. The van der Waals surface area contributed by atoms with Crippen molar-refractivity contribution in [3.63, 3.8) is 0 Å². The molecule has 1 N–H and O–H groups in total. The summed E-state index contributed by atoms with van der Waals surface area (Å²) in [6.07, 6.45) is 5.17. The summed E-state index contributed by atoms with van der Waals surface area (Å²) in [5, 5.41) is 8.87. The lowest BCUT2D eigenvalue weighted by Gasteiger charge is -2.11. The molecule has 1 aliphatic carbocycles. The highest BCUT2D eigenvalue weighted by atomic mass is 16.8. The molecule has 2 rings (SSSR count). The molecular weight excluding hydrogens is 132 g/mol. The van der Waals surface area contributed by atoms with Crippen molar-refractivity contribution in [3.8, 4) is 0 Å². The highest BCUT2D eigenvalue weighted by Gasteiger charge is 2.31. The van der Waals surface area contributed by atoms with Crippen molar-refractivity contribution in [2.75, 3.05) is 0 Å². The fourth-order valence-electron chi connectivity index (χ4n) is 1.37. The van der Waals surface area contributed by atoms with Crippen LogP contribution in [0.4, 0.5) is 0 Å². The van der Waals surface area contributed by atoms with E-state index >= 15 is 0 Å². The Labute approximate surface area is 59.2 Å². The van der Waals surface area contributed by atoms with Crippen molar-refractivity contribution in [3.05, 3.63) is 11.8 Å². The van der Waals surface area contributed by atoms with Crippen LogP contribution in [0.1, 0.15) is 19.3 Å². The van der Waals surface area contributed by atoms with Crippen LogP contribution >= 0.6 is 0 Å². The summed E-state index contributed by atoms with van der Waals surface area (Å²) in [6.45, 7) is -1.02. The quantitative estimate of drug-likeness (QED) is 0.542. The topological polar surface area (TPSA) is 38.7 Å². The molecule has 3 nitrogen and oxygen atoms in total. The Balaban J connectivity index is 2.13. The first-order chi connectivity index (χ1) is 4.86. The zero-order chi connectivity index (χ0) is 6.97. The van der Waals surface area contributed by atoms with Crippen molar-refractivity contribution in [2.24, 2.45) is 0 Å². The largest absolute Gasteiger partial charge is 0.443 e. The van der Waals surface area contributed by atoms with Crippen LogP contribution in [0.2, 0.25) is 0 Å². The second-order valence-corrected chi connectivity index (χ2v) is 2.59. The third kappa shape index (κ3) is 0.914. The lowest BCUT2D eigenvalue weighted by molar-refractivity contribution is -0.199. The smallest absolute Gasteiger partial charge is 0.313 e. The minimum atomic E-state index is -1.02. The van der Waals surface area contributed by atoms with E-state index < -0.39 is 6.48 Å². The molecule has 3 heteroatoms. The van der Waals surface area contributed by atoms with Gasteiger partial charge >= 0.3 is 6.48 Å². The van der Waals surface area contributed by atoms with Gasteiger partial charge in [-0.05, 0) is 25.3 Å².